The third kappa shape index (κ3) is 2.12. The molecule has 0 aromatic heterocycles. The number of hydrogen-bond acceptors (Lipinski definition) is 4. The molecule has 1 rings (SSSR count). The molecule has 1 aromatic rings. The van der Waals surface area contributed by atoms with Gasteiger partial charge in [-0.05, 0) is 19.9 Å². The molecule has 0 radical (unpaired) electrons. The van der Waals surface area contributed by atoms with Gasteiger partial charge >= 0.3 is 0 Å². The Morgan fingerprint density at radius 2 is 2.07 bits per heavy atom. The first-order chi connectivity index (χ1) is 6.88. The van der Waals surface area contributed by atoms with Crippen LogP contribution in [0.2, 0.25) is 0 Å². The van der Waals surface area contributed by atoms with E-state index in [1.54, 1.807) is 13.8 Å². The van der Waals surface area contributed by atoms with E-state index in [0.29, 0.717) is 6.29 Å². The highest BCUT2D eigenvalue weighted by molar-refractivity contribution is 5.70. The monoisotopic (exact) mass is 209 g/mol. The zero-order valence-electron chi connectivity index (χ0n) is 8.43. The molecule has 0 aliphatic heterocycles. The number of non-ortho nitro benzene ring substituents is 1. The van der Waals surface area contributed by atoms with Crippen molar-refractivity contribution in [2.24, 2.45) is 0 Å². The fourth-order valence-electron chi connectivity index (χ4n) is 1.22. The van der Waals surface area contributed by atoms with Gasteiger partial charge < -0.3 is 9.90 Å². The Bertz CT molecular complexity index is 412. The number of carbonyl (C=O) groups excluding carboxylic acids is 1. The highest BCUT2D eigenvalue weighted by Gasteiger charge is 2.25. The standard InChI is InChI=1S/C10H11NO4/c1-10(2,6-12)8-5-7(11(14)15)3-4-9(8)13/h3-6,13H,1-2H3. The zero-order valence-corrected chi connectivity index (χ0v) is 8.43. The average molecular weight is 209 g/mol. The summed E-state index contributed by atoms with van der Waals surface area (Å²) in [6.07, 6.45) is 0.645. The fraction of sp³-hybridized carbons (Fsp3) is 0.300. The molecular formula is C10H11NO4. The number of benzene rings is 1. The van der Waals surface area contributed by atoms with Crippen LogP contribution in [-0.2, 0) is 10.2 Å². The first kappa shape index (κ1) is 11.2. The number of nitro groups is 1. The third-order valence-corrected chi connectivity index (χ3v) is 2.18. The predicted molar refractivity (Wildman–Crippen MR) is 53.9 cm³/mol. The molecular weight excluding hydrogens is 198 g/mol. The van der Waals surface area contributed by atoms with E-state index in [1.165, 1.54) is 18.2 Å². The van der Waals surface area contributed by atoms with Gasteiger partial charge in [-0.15, -0.1) is 0 Å². The van der Waals surface area contributed by atoms with Gasteiger partial charge in [-0.25, -0.2) is 0 Å². The van der Waals surface area contributed by atoms with Gasteiger partial charge in [0.25, 0.3) is 5.69 Å². The number of aldehydes is 1. The minimum absolute atomic E-state index is 0.113. The van der Waals surface area contributed by atoms with Crippen molar-refractivity contribution in [3.63, 3.8) is 0 Å². The van der Waals surface area contributed by atoms with E-state index in [9.17, 15) is 20.0 Å². The maximum absolute atomic E-state index is 10.8. The molecule has 0 atom stereocenters. The van der Waals surface area contributed by atoms with E-state index in [4.69, 9.17) is 0 Å². The second kappa shape index (κ2) is 3.68. The normalized spacial score (nSPS) is 11.1. The molecule has 0 aliphatic rings. The highest BCUT2D eigenvalue weighted by atomic mass is 16.6. The lowest BCUT2D eigenvalue weighted by atomic mass is 9.85. The summed E-state index contributed by atoms with van der Waals surface area (Å²) in [6, 6.07) is 3.63. The van der Waals surface area contributed by atoms with Gasteiger partial charge in [0.1, 0.15) is 12.0 Å². The second-order valence-corrected chi connectivity index (χ2v) is 3.80. The molecule has 0 aliphatic carbocycles. The number of aromatic hydroxyl groups is 1. The van der Waals surface area contributed by atoms with Gasteiger partial charge in [-0.2, -0.15) is 0 Å². The largest absolute Gasteiger partial charge is 0.508 e. The Morgan fingerprint density at radius 1 is 1.47 bits per heavy atom. The molecule has 0 amide bonds. The summed E-state index contributed by atoms with van der Waals surface area (Å²) in [6.45, 7) is 3.16. The van der Waals surface area contributed by atoms with Gasteiger partial charge in [0.15, 0.2) is 0 Å². The van der Waals surface area contributed by atoms with Crippen LogP contribution in [-0.4, -0.2) is 16.3 Å². The summed E-state index contributed by atoms with van der Waals surface area (Å²) >= 11 is 0. The Balaban J connectivity index is 3.34. The van der Waals surface area contributed by atoms with E-state index < -0.39 is 10.3 Å². The summed E-state index contributed by atoms with van der Waals surface area (Å²) in [7, 11) is 0. The Kier molecular flexibility index (Phi) is 2.74. The minimum atomic E-state index is -0.934. The number of hydrogen-bond donors (Lipinski definition) is 1. The van der Waals surface area contributed by atoms with Crippen molar-refractivity contribution in [1.29, 1.82) is 0 Å². The van der Waals surface area contributed by atoms with Crippen LogP contribution in [0.3, 0.4) is 0 Å². The minimum Gasteiger partial charge on any atom is -0.508 e. The lowest BCUT2D eigenvalue weighted by Gasteiger charge is -2.18. The van der Waals surface area contributed by atoms with Crippen LogP contribution in [0.1, 0.15) is 19.4 Å². The molecule has 0 unspecified atom stereocenters. The Hall–Kier alpha value is -1.91. The molecule has 0 saturated heterocycles. The van der Waals surface area contributed by atoms with Crippen molar-refractivity contribution in [1.82, 2.24) is 0 Å². The van der Waals surface area contributed by atoms with Gasteiger partial charge in [0, 0.05) is 23.1 Å². The van der Waals surface area contributed by atoms with E-state index in [1.807, 2.05) is 0 Å². The Morgan fingerprint density at radius 3 is 2.53 bits per heavy atom. The molecule has 1 aromatic carbocycles. The number of carbonyl (C=O) groups is 1. The molecule has 0 saturated carbocycles. The summed E-state index contributed by atoms with van der Waals surface area (Å²) in [5, 5.41) is 20.0. The summed E-state index contributed by atoms with van der Waals surface area (Å²) in [5.74, 6) is -0.113. The van der Waals surface area contributed by atoms with Crippen molar-refractivity contribution in [2.45, 2.75) is 19.3 Å². The lowest BCUT2D eigenvalue weighted by Crippen LogP contribution is -2.18. The number of nitrogens with zero attached hydrogens (tertiary/aromatic N) is 1. The van der Waals surface area contributed by atoms with Gasteiger partial charge in [-0.3, -0.25) is 10.1 Å². The second-order valence-electron chi connectivity index (χ2n) is 3.80. The summed E-state index contributed by atoms with van der Waals surface area (Å²) in [5.41, 5.74) is -0.819. The molecule has 0 spiro atoms. The van der Waals surface area contributed by atoms with Crippen LogP contribution in [0.4, 0.5) is 5.69 Å². The van der Waals surface area contributed by atoms with Gasteiger partial charge in [-0.1, -0.05) is 0 Å². The molecule has 0 bridgehead atoms. The predicted octanol–water partition coefficient (Wildman–Crippen LogP) is 1.78. The third-order valence-electron chi connectivity index (χ3n) is 2.18. The maximum Gasteiger partial charge on any atom is 0.270 e. The van der Waals surface area contributed by atoms with Crippen molar-refractivity contribution < 1.29 is 14.8 Å². The van der Waals surface area contributed by atoms with Crippen LogP contribution in [0.25, 0.3) is 0 Å². The summed E-state index contributed by atoms with van der Waals surface area (Å²) in [4.78, 5) is 20.7. The van der Waals surface area contributed by atoms with E-state index in [0.717, 1.165) is 0 Å². The fourth-order valence-corrected chi connectivity index (χ4v) is 1.22. The van der Waals surface area contributed by atoms with Crippen molar-refractivity contribution >= 4 is 12.0 Å². The number of phenols is 1. The number of rotatable bonds is 3. The van der Waals surface area contributed by atoms with E-state index >= 15 is 0 Å². The van der Waals surface area contributed by atoms with E-state index in [-0.39, 0.29) is 17.0 Å². The molecule has 1 N–H and O–H groups in total. The average Bonchev–Trinajstić information content (AvgIpc) is 2.17. The highest BCUT2D eigenvalue weighted by Crippen LogP contribution is 2.32. The molecule has 80 valence electrons. The topological polar surface area (TPSA) is 80.4 Å². The van der Waals surface area contributed by atoms with Crippen LogP contribution in [0, 0.1) is 10.1 Å². The lowest BCUT2D eigenvalue weighted by molar-refractivity contribution is -0.385. The SMILES string of the molecule is CC(C)(C=O)c1cc([N+](=O)[O-])ccc1O. The molecule has 0 fully saturated rings. The first-order valence-corrected chi connectivity index (χ1v) is 4.32. The molecule has 5 heteroatoms. The summed E-state index contributed by atoms with van der Waals surface area (Å²) < 4.78 is 0. The van der Waals surface area contributed by atoms with Crippen LogP contribution in [0.15, 0.2) is 18.2 Å². The Labute approximate surface area is 86.5 Å². The maximum atomic E-state index is 10.8. The van der Waals surface area contributed by atoms with Crippen molar-refractivity contribution in [3.8, 4) is 5.75 Å². The smallest absolute Gasteiger partial charge is 0.270 e. The number of nitro benzene ring substituents is 1. The van der Waals surface area contributed by atoms with Crippen molar-refractivity contribution in [2.75, 3.05) is 0 Å². The first-order valence-electron chi connectivity index (χ1n) is 4.32. The van der Waals surface area contributed by atoms with Gasteiger partial charge in [0.05, 0.1) is 4.92 Å². The molecule has 15 heavy (non-hydrogen) atoms. The van der Waals surface area contributed by atoms with Crippen LogP contribution in [0.5, 0.6) is 5.75 Å². The quantitative estimate of drug-likeness (QED) is 0.467. The zero-order chi connectivity index (χ0) is 11.6. The number of phenolic OH excluding ortho intramolecular Hbond substituents is 1. The molecule has 0 heterocycles. The van der Waals surface area contributed by atoms with Gasteiger partial charge in [0.2, 0.25) is 0 Å². The van der Waals surface area contributed by atoms with Crippen LogP contribution < -0.4 is 0 Å². The van der Waals surface area contributed by atoms with E-state index in [2.05, 4.69) is 0 Å². The van der Waals surface area contributed by atoms with Crippen molar-refractivity contribution in [3.05, 3.63) is 33.9 Å². The molecule has 5 nitrogen and oxygen atoms in total. The van der Waals surface area contributed by atoms with Crippen LogP contribution >= 0.6 is 0 Å².